The molecule has 31 heavy (non-hydrogen) atoms. The summed E-state index contributed by atoms with van der Waals surface area (Å²) in [5, 5.41) is 8.27. The second-order valence-electron chi connectivity index (χ2n) is 6.08. The van der Waals surface area contributed by atoms with Gasteiger partial charge in [-0.2, -0.15) is 57.1 Å². The summed E-state index contributed by atoms with van der Waals surface area (Å²) in [6, 6.07) is 1.88. The van der Waals surface area contributed by atoms with E-state index in [0.29, 0.717) is 18.2 Å². The van der Waals surface area contributed by atoms with E-state index in [1.807, 2.05) is 0 Å². The van der Waals surface area contributed by atoms with Crippen molar-refractivity contribution >= 4 is 11.4 Å². The summed E-state index contributed by atoms with van der Waals surface area (Å²) < 4.78 is 182. The Bertz CT molecular complexity index is 792. The number of nitrogens with zero attached hydrogens (tertiary/aromatic N) is 1. The van der Waals surface area contributed by atoms with E-state index in [0.717, 1.165) is 0 Å². The molecule has 3 N–H and O–H groups in total. The van der Waals surface area contributed by atoms with Gasteiger partial charge in [0.15, 0.2) is 0 Å². The third kappa shape index (κ3) is 4.22. The van der Waals surface area contributed by atoms with Gasteiger partial charge >= 0.3 is 35.8 Å². The quantitative estimate of drug-likeness (QED) is 0.211. The lowest BCUT2D eigenvalue weighted by Gasteiger charge is -2.39. The monoisotopic (exact) mass is 488 g/mol. The first-order valence-electron chi connectivity index (χ1n) is 7.52. The molecule has 1 rings (SSSR count). The van der Waals surface area contributed by atoms with Crippen LogP contribution in [0.4, 0.5) is 72.9 Å². The number of phenolic OH excluding ortho intramolecular Hbond substituents is 1. The Kier molecular flexibility index (Phi) is 6.58. The number of hydrogen-bond acceptors (Lipinski definition) is 3. The fraction of sp³-hybridized carbons (Fsp3) is 0.571. The second kappa shape index (κ2) is 7.65. The number of aromatic hydroxyl groups is 1. The molecule has 0 aliphatic carbocycles. The highest BCUT2D eigenvalue weighted by Crippen LogP contribution is 2.60. The molecule has 0 fully saturated rings. The van der Waals surface area contributed by atoms with Crippen LogP contribution in [0.5, 0.6) is 5.75 Å². The molecule has 1 aromatic carbocycles. The lowest BCUT2D eigenvalue weighted by molar-refractivity contribution is -0.440. The van der Waals surface area contributed by atoms with Crippen molar-refractivity contribution in [1.29, 1.82) is 0 Å². The molecule has 1 aromatic rings. The van der Waals surface area contributed by atoms with Crippen molar-refractivity contribution in [2.45, 2.75) is 42.2 Å². The van der Waals surface area contributed by atoms with E-state index < -0.39 is 71.0 Å². The molecule has 0 saturated carbocycles. The van der Waals surface area contributed by atoms with E-state index in [1.165, 1.54) is 0 Å². The summed E-state index contributed by atoms with van der Waals surface area (Å²) in [5.74, 6) is -38.3. The molecule has 0 saturated heterocycles. The topological polar surface area (TPSA) is 49.5 Å². The maximum absolute atomic E-state index is 13.8. The summed E-state index contributed by atoms with van der Waals surface area (Å²) in [7, 11) is 0. The molecular weight excluding hydrogens is 478 g/mol. The molecule has 0 spiro atoms. The van der Waals surface area contributed by atoms with Crippen LogP contribution >= 0.6 is 0 Å². The van der Waals surface area contributed by atoms with Crippen molar-refractivity contribution in [1.82, 2.24) is 0 Å². The molecule has 0 aliphatic rings. The molecule has 0 radical (unpaired) electrons. The fourth-order valence-electron chi connectivity index (χ4n) is 2.02. The van der Waals surface area contributed by atoms with Gasteiger partial charge in [-0.05, 0) is 18.2 Å². The number of nitrogens with two attached hydrogens (primary N) is 1. The van der Waals surface area contributed by atoms with Crippen molar-refractivity contribution in [3.05, 3.63) is 18.2 Å². The van der Waals surface area contributed by atoms with Gasteiger partial charge in [0.1, 0.15) is 5.75 Å². The first kappa shape index (κ1) is 26.7. The van der Waals surface area contributed by atoms with Gasteiger partial charge in [0.05, 0.1) is 17.9 Å². The van der Waals surface area contributed by atoms with Gasteiger partial charge in [-0.15, -0.1) is 0 Å². The first-order chi connectivity index (χ1) is 13.5. The number of phenols is 1. The van der Waals surface area contributed by atoms with Crippen LogP contribution in [0.2, 0.25) is 0 Å². The Labute approximate surface area is 162 Å². The zero-order valence-corrected chi connectivity index (χ0v) is 14.4. The van der Waals surface area contributed by atoms with Crippen LogP contribution < -0.4 is 10.9 Å². The molecule has 0 unspecified atom stereocenters. The number of nitrogen functional groups attached to an aromatic ring is 1. The number of halogens is 14. The van der Waals surface area contributed by atoms with E-state index in [4.69, 9.17) is 10.8 Å². The third-order valence-electron chi connectivity index (χ3n) is 3.91. The Hall–Kier alpha value is -2.36. The van der Waals surface area contributed by atoms with Gasteiger partial charge in [0.25, 0.3) is 0 Å². The molecule has 17 heteroatoms. The molecule has 0 aromatic heterocycles. The van der Waals surface area contributed by atoms with Crippen molar-refractivity contribution in [2.24, 2.45) is 0 Å². The van der Waals surface area contributed by atoms with E-state index in [2.05, 4.69) is 0 Å². The third-order valence-corrected chi connectivity index (χ3v) is 3.91. The molecule has 3 nitrogen and oxygen atoms in total. The average molecular weight is 488 g/mol. The van der Waals surface area contributed by atoms with Crippen LogP contribution in [0.25, 0.3) is 0 Å². The highest BCUT2D eigenvalue weighted by molar-refractivity contribution is 5.61. The Balaban J connectivity index is 3.20. The number of alkyl halides is 13. The van der Waals surface area contributed by atoms with Crippen LogP contribution in [-0.4, -0.2) is 47.4 Å². The SMILES string of the molecule is Nc1cc(N(F)CCC(F)(F)C(F)(F)C(F)(F)C(F)(F)C(F)(F)C(F)(F)F)ccc1O. The average Bonchev–Trinajstić information content (AvgIpc) is 2.60. The van der Waals surface area contributed by atoms with Gasteiger partial charge in [-0.3, -0.25) is 0 Å². The molecule has 0 atom stereocenters. The van der Waals surface area contributed by atoms with Crippen molar-refractivity contribution < 1.29 is 66.7 Å². The molecule has 180 valence electrons. The van der Waals surface area contributed by atoms with Crippen LogP contribution in [0.3, 0.4) is 0 Å². The summed E-state index contributed by atoms with van der Waals surface area (Å²) in [4.78, 5) is 0. The highest BCUT2D eigenvalue weighted by Gasteiger charge is 2.90. The van der Waals surface area contributed by atoms with Crippen molar-refractivity contribution in [3.63, 3.8) is 0 Å². The Morgan fingerprint density at radius 2 is 1.19 bits per heavy atom. The molecule has 0 bridgehead atoms. The van der Waals surface area contributed by atoms with Crippen LogP contribution in [0.1, 0.15) is 6.42 Å². The predicted molar refractivity (Wildman–Crippen MR) is 76.4 cm³/mol. The lowest BCUT2D eigenvalue weighted by atomic mass is 9.92. The minimum Gasteiger partial charge on any atom is -0.506 e. The summed E-state index contributed by atoms with van der Waals surface area (Å²) in [6.45, 7) is -1.95. The summed E-state index contributed by atoms with van der Waals surface area (Å²) in [6.07, 6.45) is -10.2. The maximum atomic E-state index is 13.8. The molecule has 0 amide bonds. The van der Waals surface area contributed by atoms with E-state index in [1.54, 1.807) is 0 Å². The normalized spacial score (nSPS) is 14.6. The minimum absolute atomic E-state index is 0.554. The van der Waals surface area contributed by atoms with E-state index >= 15 is 0 Å². The number of benzene rings is 1. The zero-order valence-electron chi connectivity index (χ0n) is 14.4. The van der Waals surface area contributed by atoms with Crippen LogP contribution in [0, 0.1) is 0 Å². The predicted octanol–water partition coefficient (Wildman–Crippen LogP) is 5.79. The van der Waals surface area contributed by atoms with Crippen molar-refractivity contribution in [3.8, 4) is 5.75 Å². The summed E-state index contributed by atoms with van der Waals surface area (Å²) >= 11 is 0. The second-order valence-corrected chi connectivity index (χ2v) is 6.08. The van der Waals surface area contributed by atoms with Gasteiger partial charge in [0.2, 0.25) is 0 Å². The lowest BCUT2D eigenvalue weighted by Crippen LogP contribution is -2.70. The van der Waals surface area contributed by atoms with Gasteiger partial charge in [0, 0.05) is 6.42 Å². The van der Waals surface area contributed by atoms with Gasteiger partial charge < -0.3 is 10.8 Å². The number of hydrogen-bond donors (Lipinski definition) is 2. The number of rotatable bonds is 8. The highest BCUT2D eigenvalue weighted by atomic mass is 19.4. The standard InChI is InChI=1S/C14H10F14N2O/c15-9(16,3-4-30(28)6-1-2-8(31)7(29)5-6)10(17,18)11(19,20)12(21,22)13(23,24)14(25,26)27/h1-2,5,31H,3-4,29H2. The van der Waals surface area contributed by atoms with Crippen LogP contribution in [-0.2, 0) is 0 Å². The van der Waals surface area contributed by atoms with Crippen LogP contribution in [0.15, 0.2) is 18.2 Å². The first-order valence-corrected chi connectivity index (χ1v) is 7.52. The van der Waals surface area contributed by atoms with Gasteiger partial charge in [-0.25, -0.2) is 5.12 Å². The molecule has 0 heterocycles. The fourth-order valence-corrected chi connectivity index (χ4v) is 2.02. The Morgan fingerprint density at radius 1 is 0.742 bits per heavy atom. The molecular formula is C14H10F14N2O. The van der Waals surface area contributed by atoms with Crippen molar-refractivity contribution in [2.75, 3.05) is 17.4 Å². The minimum atomic E-state index is -8.01. The van der Waals surface area contributed by atoms with E-state index in [9.17, 15) is 61.6 Å². The largest absolute Gasteiger partial charge is 0.506 e. The Morgan fingerprint density at radius 3 is 1.61 bits per heavy atom. The molecule has 0 aliphatic heterocycles. The number of anilines is 2. The van der Waals surface area contributed by atoms with Gasteiger partial charge in [-0.1, -0.05) is 4.48 Å². The van der Waals surface area contributed by atoms with E-state index in [-0.39, 0.29) is 0 Å². The maximum Gasteiger partial charge on any atom is 0.460 e. The zero-order chi connectivity index (χ0) is 24.8. The smallest absolute Gasteiger partial charge is 0.460 e. The summed E-state index contributed by atoms with van der Waals surface area (Å²) in [5.41, 5.74) is 3.77.